The molecule has 0 aliphatic carbocycles. The van der Waals surface area contributed by atoms with Crippen LogP contribution in [0.3, 0.4) is 0 Å². The van der Waals surface area contributed by atoms with Crippen molar-refractivity contribution < 1.29 is 24.5 Å². The van der Waals surface area contributed by atoms with E-state index in [0.29, 0.717) is 17.8 Å². The Kier molecular flexibility index (Phi) is 5.83. The molecule has 1 N–H and O–H groups in total. The molecule has 1 saturated heterocycles. The molecular weight excluding hydrogens is 517 g/mol. The van der Waals surface area contributed by atoms with Gasteiger partial charge in [0.15, 0.2) is 0 Å². The smallest absolute Gasteiger partial charge is 0.318 e. The summed E-state index contributed by atoms with van der Waals surface area (Å²) in [5, 5.41) is 31.6. The first kappa shape index (κ1) is 20.7. The molecule has 148 valence electrons. The Morgan fingerprint density at radius 2 is 1.76 bits per heavy atom. The number of benzene rings is 2. The highest BCUT2D eigenvalue weighted by molar-refractivity contribution is 14.1. The monoisotopic (exact) mass is 527 g/mol. The van der Waals surface area contributed by atoms with Gasteiger partial charge in [0, 0.05) is 15.2 Å². The van der Waals surface area contributed by atoms with Crippen LogP contribution >= 0.6 is 34.4 Å². The summed E-state index contributed by atoms with van der Waals surface area (Å²) < 4.78 is 0.989. The first-order valence-corrected chi connectivity index (χ1v) is 9.72. The number of carbonyl (C=O) groups excluding carboxylic acids is 2. The van der Waals surface area contributed by atoms with Gasteiger partial charge in [0.25, 0.3) is 16.8 Å². The number of non-ortho nitro benzene ring substituents is 1. The summed E-state index contributed by atoms with van der Waals surface area (Å²) in [5.74, 6) is -1.49. The summed E-state index contributed by atoms with van der Waals surface area (Å²) >= 11 is 2.70. The predicted octanol–water partition coefficient (Wildman–Crippen LogP) is 4.05. The van der Waals surface area contributed by atoms with Gasteiger partial charge >= 0.3 is 5.69 Å². The Balaban J connectivity index is 1.96. The number of imide groups is 1. The highest BCUT2D eigenvalue weighted by Crippen LogP contribution is 2.39. The highest BCUT2D eigenvalue weighted by atomic mass is 127. The minimum absolute atomic E-state index is 0.0278. The van der Waals surface area contributed by atoms with E-state index < -0.39 is 38.1 Å². The molecule has 3 rings (SSSR count). The van der Waals surface area contributed by atoms with Gasteiger partial charge in [0.2, 0.25) is 5.75 Å². The van der Waals surface area contributed by atoms with Gasteiger partial charge in [0.05, 0.1) is 27.4 Å². The largest absolute Gasteiger partial charge is 0.502 e. The minimum atomic E-state index is -0.970. The molecular formula is C17H10IN3O7S. The van der Waals surface area contributed by atoms with E-state index in [4.69, 9.17) is 0 Å². The second-order valence-corrected chi connectivity index (χ2v) is 8.05. The van der Waals surface area contributed by atoms with Crippen molar-refractivity contribution in [3.63, 3.8) is 0 Å². The van der Waals surface area contributed by atoms with Gasteiger partial charge in [-0.25, -0.2) is 0 Å². The van der Waals surface area contributed by atoms with Crippen molar-refractivity contribution in [3.05, 3.63) is 76.2 Å². The topological polar surface area (TPSA) is 144 Å². The van der Waals surface area contributed by atoms with Gasteiger partial charge in [0.1, 0.15) is 0 Å². The van der Waals surface area contributed by atoms with E-state index in [2.05, 4.69) is 22.6 Å². The number of nitrogens with zero attached hydrogens (tertiary/aromatic N) is 3. The molecule has 1 heterocycles. The van der Waals surface area contributed by atoms with E-state index in [9.17, 15) is 34.9 Å². The second-order valence-electron chi connectivity index (χ2n) is 5.81. The number of halogens is 1. The number of phenols is 1. The summed E-state index contributed by atoms with van der Waals surface area (Å²) in [7, 11) is 0. The number of hydrogen-bond donors (Lipinski definition) is 1. The number of phenolic OH excluding ortho intramolecular Hbond substituents is 1. The number of nitro groups is 2. The molecule has 0 aromatic heterocycles. The molecule has 2 aromatic carbocycles. The first-order valence-electron chi connectivity index (χ1n) is 7.83. The molecule has 1 aliphatic rings. The molecule has 0 radical (unpaired) electrons. The first-order chi connectivity index (χ1) is 13.7. The fourth-order valence-corrected chi connectivity index (χ4v) is 3.72. The molecule has 1 aliphatic heterocycles. The zero-order valence-corrected chi connectivity index (χ0v) is 17.2. The van der Waals surface area contributed by atoms with E-state index in [-0.39, 0.29) is 17.0 Å². The Hall–Kier alpha value is -3.00. The molecule has 29 heavy (non-hydrogen) atoms. The number of hydrogen-bond acceptors (Lipinski definition) is 8. The van der Waals surface area contributed by atoms with E-state index in [1.807, 2.05) is 12.1 Å². The summed E-state index contributed by atoms with van der Waals surface area (Å²) in [6, 6.07) is 8.70. The van der Waals surface area contributed by atoms with Crippen molar-refractivity contribution in [1.82, 2.24) is 4.90 Å². The summed E-state index contributed by atoms with van der Waals surface area (Å²) in [4.78, 5) is 46.0. The van der Waals surface area contributed by atoms with Crippen LogP contribution in [0.2, 0.25) is 0 Å². The molecule has 10 nitrogen and oxygen atoms in total. The number of aromatic hydroxyl groups is 1. The van der Waals surface area contributed by atoms with Gasteiger partial charge in [-0.1, -0.05) is 12.1 Å². The number of thioether (sulfide) groups is 1. The van der Waals surface area contributed by atoms with Crippen molar-refractivity contribution in [2.45, 2.75) is 6.54 Å². The average molecular weight is 527 g/mol. The third-order valence-corrected chi connectivity index (χ3v) is 5.55. The Labute approximate surface area is 180 Å². The van der Waals surface area contributed by atoms with Gasteiger partial charge in [-0.15, -0.1) is 0 Å². The molecule has 2 amide bonds. The molecule has 1 fully saturated rings. The van der Waals surface area contributed by atoms with Crippen molar-refractivity contribution in [1.29, 1.82) is 0 Å². The number of nitro benzene ring substituents is 2. The maximum Gasteiger partial charge on any atom is 0.318 e. The van der Waals surface area contributed by atoms with Crippen LogP contribution in [0.25, 0.3) is 6.08 Å². The highest BCUT2D eigenvalue weighted by Gasteiger charge is 2.35. The minimum Gasteiger partial charge on any atom is -0.502 e. The van der Waals surface area contributed by atoms with Gasteiger partial charge in [-0.3, -0.25) is 34.7 Å². The maximum atomic E-state index is 12.6. The van der Waals surface area contributed by atoms with E-state index in [1.54, 1.807) is 12.1 Å². The number of rotatable bonds is 5. The maximum absolute atomic E-state index is 12.6. The lowest BCUT2D eigenvalue weighted by atomic mass is 10.1. The predicted molar refractivity (Wildman–Crippen MR) is 112 cm³/mol. The molecule has 0 unspecified atom stereocenters. The van der Waals surface area contributed by atoms with Crippen LogP contribution in [0.4, 0.5) is 16.2 Å². The Morgan fingerprint density at radius 1 is 1.10 bits per heavy atom. The SMILES string of the molecule is O=C1S/C(=C\c2cc([N+](=O)[O-])cc([N+](=O)[O-])c2O)C(=O)N1Cc1ccc(I)cc1. The molecule has 0 saturated carbocycles. The zero-order valence-electron chi connectivity index (χ0n) is 14.3. The van der Waals surface area contributed by atoms with Crippen LogP contribution < -0.4 is 0 Å². The number of amides is 2. The van der Waals surface area contributed by atoms with E-state index in [1.165, 1.54) is 0 Å². The van der Waals surface area contributed by atoms with Crippen molar-refractivity contribution in [2.24, 2.45) is 0 Å². The van der Waals surface area contributed by atoms with Crippen LogP contribution in [-0.4, -0.2) is 31.0 Å². The van der Waals surface area contributed by atoms with Crippen molar-refractivity contribution in [3.8, 4) is 5.75 Å². The van der Waals surface area contributed by atoms with Crippen molar-refractivity contribution in [2.75, 3.05) is 0 Å². The van der Waals surface area contributed by atoms with Crippen LogP contribution in [-0.2, 0) is 11.3 Å². The van der Waals surface area contributed by atoms with Gasteiger partial charge in [-0.05, 0) is 58.1 Å². The van der Waals surface area contributed by atoms with Gasteiger partial charge in [-0.2, -0.15) is 0 Å². The Morgan fingerprint density at radius 3 is 2.34 bits per heavy atom. The fraction of sp³-hybridized carbons (Fsp3) is 0.0588. The lowest BCUT2D eigenvalue weighted by molar-refractivity contribution is -0.394. The van der Waals surface area contributed by atoms with Gasteiger partial charge < -0.3 is 5.11 Å². The molecule has 0 spiro atoms. The molecule has 2 aromatic rings. The van der Waals surface area contributed by atoms with E-state index in [0.717, 1.165) is 26.2 Å². The standard InChI is InChI=1S/C17H10IN3O7S/c18-11-3-1-9(2-4-11)8-19-16(23)14(29-17(19)24)6-10-5-12(20(25)26)7-13(15(10)22)21(27)28/h1-7,22H,8H2/b14-6-. The lowest BCUT2D eigenvalue weighted by Crippen LogP contribution is -2.27. The third-order valence-electron chi connectivity index (χ3n) is 3.93. The Bertz CT molecular complexity index is 1090. The van der Waals surface area contributed by atoms with Crippen LogP contribution in [0.1, 0.15) is 11.1 Å². The fourth-order valence-electron chi connectivity index (χ4n) is 2.53. The zero-order chi connectivity index (χ0) is 21.3. The molecule has 0 atom stereocenters. The van der Waals surface area contributed by atoms with Crippen LogP contribution in [0, 0.1) is 23.8 Å². The van der Waals surface area contributed by atoms with E-state index >= 15 is 0 Å². The lowest BCUT2D eigenvalue weighted by Gasteiger charge is -2.12. The molecule has 12 heteroatoms. The molecule has 0 bridgehead atoms. The third kappa shape index (κ3) is 4.37. The van der Waals surface area contributed by atoms with Crippen molar-refractivity contribution >= 4 is 62.9 Å². The van der Waals surface area contributed by atoms with Crippen LogP contribution in [0.5, 0.6) is 5.75 Å². The number of carbonyl (C=O) groups is 2. The van der Waals surface area contributed by atoms with Crippen LogP contribution in [0.15, 0.2) is 41.3 Å². The quantitative estimate of drug-likeness (QED) is 0.266. The normalized spacial score (nSPS) is 15.2. The second kappa shape index (κ2) is 8.16. The summed E-state index contributed by atoms with van der Waals surface area (Å²) in [6.07, 6.45) is 1.04. The average Bonchev–Trinajstić information content (AvgIpc) is 2.92. The summed E-state index contributed by atoms with van der Waals surface area (Å²) in [5.41, 5.74) is -1.07. The summed E-state index contributed by atoms with van der Waals surface area (Å²) in [6.45, 7) is 0.0278.